The normalized spacial score (nSPS) is 24.9. The van der Waals surface area contributed by atoms with Crippen LogP contribution in [-0.4, -0.2) is 84.7 Å². The smallest absolute Gasteiger partial charge is 0.406 e. The molecule has 2 aliphatic rings. The molecular formula is C27H40F3N3O5S. The minimum atomic E-state index is -4.89. The van der Waals surface area contributed by atoms with Crippen LogP contribution in [0.25, 0.3) is 0 Å². The van der Waals surface area contributed by atoms with Crippen LogP contribution in [0.4, 0.5) is 13.2 Å². The van der Waals surface area contributed by atoms with Crippen molar-refractivity contribution in [1.82, 2.24) is 15.1 Å². The molecule has 1 aliphatic carbocycles. The molecule has 4 atom stereocenters. The number of sulfone groups is 1. The number of ether oxygens (including phenoxy) is 1. The molecule has 1 saturated carbocycles. The van der Waals surface area contributed by atoms with Crippen molar-refractivity contribution in [3.63, 3.8) is 0 Å². The first-order valence-corrected chi connectivity index (χ1v) is 15.0. The molecule has 0 spiro atoms. The van der Waals surface area contributed by atoms with Crippen LogP contribution in [0.3, 0.4) is 0 Å². The van der Waals surface area contributed by atoms with E-state index in [0.717, 1.165) is 18.6 Å². The van der Waals surface area contributed by atoms with E-state index >= 15 is 0 Å². The fourth-order valence-electron chi connectivity index (χ4n) is 5.38. The number of alkyl halides is 3. The minimum Gasteiger partial charge on any atom is -0.406 e. The minimum absolute atomic E-state index is 0.0313. The van der Waals surface area contributed by atoms with E-state index in [1.54, 1.807) is 25.7 Å². The topological polar surface area (TPSA) is 96.0 Å². The molecule has 1 saturated heterocycles. The van der Waals surface area contributed by atoms with Gasteiger partial charge in [-0.2, -0.15) is 0 Å². The van der Waals surface area contributed by atoms with Gasteiger partial charge in [0, 0.05) is 30.2 Å². The first kappa shape index (κ1) is 31.2. The molecule has 12 heteroatoms. The summed E-state index contributed by atoms with van der Waals surface area (Å²) in [5, 5.41) is 2.64. The number of halogens is 3. The van der Waals surface area contributed by atoms with Crippen molar-refractivity contribution < 1.29 is 35.9 Å². The number of amides is 2. The quantitative estimate of drug-likeness (QED) is 0.504. The maximum Gasteiger partial charge on any atom is 0.573 e. The van der Waals surface area contributed by atoms with E-state index < -0.39 is 38.6 Å². The molecule has 8 nitrogen and oxygen atoms in total. The van der Waals surface area contributed by atoms with E-state index in [1.165, 1.54) is 12.1 Å². The fraction of sp³-hybridized carbons (Fsp3) is 0.704. The van der Waals surface area contributed by atoms with E-state index in [2.05, 4.69) is 28.8 Å². The number of rotatable bonds is 8. The zero-order valence-electron chi connectivity index (χ0n) is 23.4. The number of carbonyl (C=O) groups is 2. The lowest BCUT2D eigenvalue weighted by Crippen LogP contribution is -2.53. The lowest BCUT2D eigenvalue weighted by Gasteiger charge is -2.45. The van der Waals surface area contributed by atoms with Crippen molar-refractivity contribution in [3.05, 3.63) is 29.8 Å². The van der Waals surface area contributed by atoms with Crippen molar-refractivity contribution in [3.8, 4) is 5.75 Å². The van der Waals surface area contributed by atoms with Crippen molar-refractivity contribution >= 4 is 21.7 Å². The summed E-state index contributed by atoms with van der Waals surface area (Å²) in [6.45, 7) is 9.59. The van der Waals surface area contributed by atoms with Gasteiger partial charge in [0.15, 0.2) is 9.84 Å². The van der Waals surface area contributed by atoms with Gasteiger partial charge in [-0.05, 0) is 91.5 Å². The Morgan fingerprint density at radius 3 is 2.44 bits per heavy atom. The van der Waals surface area contributed by atoms with Crippen molar-refractivity contribution in [2.24, 2.45) is 5.92 Å². The Morgan fingerprint density at radius 1 is 1.18 bits per heavy atom. The van der Waals surface area contributed by atoms with Gasteiger partial charge < -0.3 is 19.9 Å². The Balaban J connectivity index is 1.75. The zero-order valence-corrected chi connectivity index (χ0v) is 24.2. The molecule has 2 amide bonds. The molecule has 1 heterocycles. The third-order valence-electron chi connectivity index (χ3n) is 7.95. The van der Waals surface area contributed by atoms with Crippen LogP contribution < -0.4 is 10.1 Å². The van der Waals surface area contributed by atoms with Crippen LogP contribution in [0.1, 0.15) is 70.7 Å². The predicted octanol–water partition coefficient (Wildman–Crippen LogP) is 4.01. The maximum absolute atomic E-state index is 13.4. The van der Waals surface area contributed by atoms with E-state index in [9.17, 15) is 31.2 Å². The van der Waals surface area contributed by atoms with Crippen LogP contribution in [0.2, 0.25) is 0 Å². The van der Waals surface area contributed by atoms with Gasteiger partial charge in [0.25, 0.3) is 5.91 Å². The number of hydrogen-bond acceptors (Lipinski definition) is 6. The van der Waals surface area contributed by atoms with Gasteiger partial charge in [-0.15, -0.1) is 13.2 Å². The Morgan fingerprint density at radius 2 is 1.85 bits per heavy atom. The molecule has 3 rings (SSSR count). The first-order chi connectivity index (χ1) is 17.9. The molecular weight excluding hydrogens is 535 g/mol. The van der Waals surface area contributed by atoms with Gasteiger partial charge in [0.2, 0.25) is 5.91 Å². The van der Waals surface area contributed by atoms with E-state index in [4.69, 9.17) is 0 Å². The highest BCUT2D eigenvalue weighted by atomic mass is 32.2. The number of benzene rings is 1. The molecule has 0 aromatic heterocycles. The lowest BCUT2D eigenvalue weighted by molar-refractivity contribution is -0.274. The van der Waals surface area contributed by atoms with Crippen molar-refractivity contribution in [2.75, 3.05) is 19.3 Å². The number of nitrogens with zero attached hydrogens (tertiary/aromatic N) is 2. The highest BCUT2D eigenvalue weighted by Crippen LogP contribution is 2.36. The zero-order chi connectivity index (χ0) is 29.3. The summed E-state index contributed by atoms with van der Waals surface area (Å²) in [4.78, 5) is 30.2. The maximum atomic E-state index is 13.4. The SMILES string of the molecule is CC(C)N(C)[C@@H]1CC[C@H](N2CC[C@H](NC(=O)c3cccc(OC(F)(F)F)c3)C2=O)[C@@H](CS(=O)(=O)C(C)(C)C)C1. The molecule has 1 aromatic rings. The second-order valence-corrected chi connectivity index (χ2v) is 14.7. The summed E-state index contributed by atoms with van der Waals surface area (Å²) in [6.07, 6.45) is -2.46. The summed E-state index contributed by atoms with van der Waals surface area (Å²) in [7, 11) is -1.42. The Labute approximate surface area is 229 Å². The van der Waals surface area contributed by atoms with E-state index in [0.29, 0.717) is 31.8 Å². The molecule has 0 radical (unpaired) electrons. The second-order valence-electron chi connectivity index (χ2n) is 11.9. The molecule has 1 N–H and O–H groups in total. The number of likely N-dealkylation sites (tertiary alicyclic amines) is 1. The van der Waals surface area contributed by atoms with E-state index in [-0.39, 0.29) is 35.2 Å². The average Bonchev–Trinajstić information content (AvgIpc) is 3.16. The van der Waals surface area contributed by atoms with Gasteiger partial charge >= 0.3 is 6.36 Å². The third-order valence-corrected chi connectivity index (χ3v) is 10.7. The van der Waals surface area contributed by atoms with Crippen molar-refractivity contribution in [2.45, 2.75) is 95.6 Å². The van der Waals surface area contributed by atoms with Crippen molar-refractivity contribution in [1.29, 1.82) is 0 Å². The number of carbonyl (C=O) groups excluding carboxylic acids is 2. The van der Waals surface area contributed by atoms with Crippen LogP contribution in [0.5, 0.6) is 5.75 Å². The van der Waals surface area contributed by atoms with Crippen LogP contribution >= 0.6 is 0 Å². The van der Waals surface area contributed by atoms with E-state index in [1.807, 2.05) is 7.05 Å². The van der Waals surface area contributed by atoms with Gasteiger partial charge in [-0.3, -0.25) is 9.59 Å². The Hall–Kier alpha value is -2.34. The summed E-state index contributed by atoms with van der Waals surface area (Å²) in [6, 6.07) is 4.03. The fourth-order valence-corrected chi connectivity index (χ4v) is 6.80. The lowest BCUT2D eigenvalue weighted by atomic mass is 9.81. The monoisotopic (exact) mass is 575 g/mol. The summed E-state index contributed by atoms with van der Waals surface area (Å²) >= 11 is 0. The largest absolute Gasteiger partial charge is 0.573 e. The van der Waals surface area contributed by atoms with Gasteiger partial charge in [-0.25, -0.2) is 8.42 Å². The van der Waals surface area contributed by atoms with Crippen LogP contribution in [-0.2, 0) is 14.6 Å². The Kier molecular flexibility index (Phi) is 9.31. The van der Waals surface area contributed by atoms with Gasteiger partial charge in [0.05, 0.1) is 10.5 Å². The summed E-state index contributed by atoms with van der Waals surface area (Å²) < 4.78 is 67.1. The molecule has 2 fully saturated rings. The van der Waals surface area contributed by atoms with Gasteiger partial charge in [-0.1, -0.05) is 6.07 Å². The van der Waals surface area contributed by atoms with Crippen LogP contribution in [0.15, 0.2) is 24.3 Å². The standard InChI is InChI=1S/C27H40F3N3O5S/c1-17(2)32(6)20-10-11-23(19(14-20)16-39(36,37)26(3,4)5)33-13-12-22(25(33)35)31-24(34)18-8-7-9-21(15-18)38-27(28,29)30/h7-9,15,17,19-20,22-23H,10-14,16H2,1-6H3,(H,31,34)/t19-,20-,22+,23+/m1/s1. The third kappa shape index (κ3) is 7.65. The number of nitrogens with one attached hydrogen (secondary N) is 1. The molecule has 0 bridgehead atoms. The highest BCUT2D eigenvalue weighted by Gasteiger charge is 2.45. The summed E-state index contributed by atoms with van der Waals surface area (Å²) in [5.41, 5.74) is -0.0608. The molecule has 220 valence electrons. The molecule has 39 heavy (non-hydrogen) atoms. The highest BCUT2D eigenvalue weighted by molar-refractivity contribution is 7.92. The first-order valence-electron chi connectivity index (χ1n) is 13.3. The van der Waals surface area contributed by atoms with Crippen LogP contribution in [0, 0.1) is 5.92 Å². The average molecular weight is 576 g/mol. The Bertz CT molecular complexity index is 1150. The number of hydrogen-bond donors (Lipinski definition) is 1. The molecule has 1 aromatic carbocycles. The summed E-state index contributed by atoms with van der Waals surface area (Å²) in [5.74, 6) is -1.80. The van der Waals surface area contributed by atoms with Gasteiger partial charge in [0.1, 0.15) is 11.8 Å². The second kappa shape index (κ2) is 11.6. The predicted molar refractivity (Wildman–Crippen MR) is 142 cm³/mol. The molecule has 1 aliphatic heterocycles. The molecule has 0 unspecified atom stereocenters.